The van der Waals surface area contributed by atoms with E-state index in [1.807, 2.05) is 31.2 Å². The number of hydrogen-bond donors (Lipinski definition) is 1. The van der Waals surface area contributed by atoms with Crippen molar-refractivity contribution >= 4 is 21.4 Å². The summed E-state index contributed by atoms with van der Waals surface area (Å²) < 4.78 is 39.2. The third kappa shape index (κ3) is 4.18. The number of alkyl halides is 3. The number of benzene rings is 1. The van der Waals surface area contributed by atoms with Gasteiger partial charge in [0.15, 0.2) is 0 Å². The van der Waals surface area contributed by atoms with E-state index < -0.39 is 12.7 Å². The molecule has 0 aliphatic rings. The minimum absolute atomic E-state index is 0.296. The van der Waals surface area contributed by atoms with Gasteiger partial charge < -0.3 is 5.73 Å². The molecule has 1 aromatic heterocycles. The summed E-state index contributed by atoms with van der Waals surface area (Å²) in [4.78, 5) is 2.42. The fourth-order valence-electron chi connectivity index (χ4n) is 2.50. The van der Waals surface area contributed by atoms with Crippen molar-refractivity contribution in [2.75, 3.05) is 13.1 Å². The third-order valence-electron chi connectivity index (χ3n) is 3.29. The highest BCUT2D eigenvalue weighted by Crippen LogP contribution is 2.32. The molecular weight excluding hydrogens is 297 g/mol. The molecule has 0 bridgehead atoms. The van der Waals surface area contributed by atoms with Crippen LogP contribution in [0.4, 0.5) is 13.2 Å². The Kier molecular flexibility index (Phi) is 5.24. The van der Waals surface area contributed by atoms with Gasteiger partial charge in [0.1, 0.15) is 0 Å². The van der Waals surface area contributed by atoms with Crippen LogP contribution >= 0.6 is 11.3 Å². The maximum atomic E-state index is 12.7. The summed E-state index contributed by atoms with van der Waals surface area (Å²) >= 11 is 1.57. The van der Waals surface area contributed by atoms with Crippen LogP contribution in [-0.2, 0) is 13.1 Å². The molecule has 0 aliphatic heterocycles. The molecule has 0 saturated carbocycles. The summed E-state index contributed by atoms with van der Waals surface area (Å²) in [6.45, 7) is 2.09. The van der Waals surface area contributed by atoms with Crippen molar-refractivity contribution in [2.24, 2.45) is 5.73 Å². The molecule has 116 valence electrons. The van der Waals surface area contributed by atoms with Crippen molar-refractivity contribution in [3.05, 3.63) is 34.7 Å². The second-order valence-corrected chi connectivity index (χ2v) is 6.17. The zero-order chi connectivity index (χ0) is 15.5. The average Bonchev–Trinajstić information content (AvgIpc) is 2.75. The van der Waals surface area contributed by atoms with Crippen LogP contribution in [0.2, 0.25) is 0 Å². The van der Waals surface area contributed by atoms with E-state index in [4.69, 9.17) is 5.73 Å². The van der Waals surface area contributed by atoms with Crippen molar-refractivity contribution < 1.29 is 13.2 Å². The van der Waals surface area contributed by atoms with Gasteiger partial charge in [-0.05, 0) is 30.0 Å². The Hall–Kier alpha value is -1.11. The molecule has 1 aromatic carbocycles. The third-order valence-corrected chi connectivity index (χ3v) is 4.53. The van der Waals surface area contributed by atoms with Gasteiger partial charge >= 0.3 is 6.18 Å². The minimum Gasteiger partial charge on any atom is -0.326 e. The van der Waals surface area contributed by atoms with E-state index in [9.17, 15) is 13.2 Å². The first-order valence-corrected chi connectivity index (χ1v) is 7.74. The second kappa shape index (κ2) is 6.77. The Morgan fingerprint density at radius 1 is 1.24 bits per heavy atom. The van der Waals surface area contributed by atoms with Gasteiger partial charge in [-0.25, -0.2) is 0 Å². The number of nitrogens with two attached hydrogens (primary N) is 1. The molecule has 21 heavy (non-hydrogen) atoms. The first-order valence-electron chi connectivity index (χ1n) is 6.93. The van der Waals surface area contributed by atoms with Gasteiger partial charge in [0.05, 0.1) is 6.54 Å². The normalized spacial score (nSPS) is 12.5. The number of nitrogens with zero attached hydrogens (tertiary/aromatic N) is 1. The maximum Gasteiger partial charge on any atom is 0.401 e. The van der Waals surface area contributed by atoms with Crippen LogP contribution in [0.3, 0.4) is 0 Å². The molecular formula is C15H19F3N2S. The monoisotopic (exact) mass is 316 g/mol. The summed E-state index contributed by atoms with van der Waals surface area (Å²) in [6.07, 6.45) is -3.49. The Labute approximate surface area is 126 Å². The minimum atomic E-state index is -4.18. The second-order valence-electron chi connectivity index (χ2n) is 5.03. The van der Waals surface area contributed by atoms with Gasteiger partial charge in [-0.1, -0.05) is 25.1 Å². The van der Waals surface area contributed by atoms with Crippen LogP contribution in [0.15, 0.2) is 24.3 Å². The molecule has 0 fully saturated rings. The Morgan fingerprint density at radius 3 is 2.57 bits per heavy atom. The van der Waals surface area contributed by atoms with Crippen LogP contribution in [-0.4, -0.2) is 24.2 Å². The highest BCUT2D eigenvalue weighted by atomic mass is 32.1. The van der Waals surface area contributed by atoms with E-state index in [1.165, 1.54) is 4.90 Å². The van der Waals surface area contributed by atoms with Crippen molar-refractivity contribution in [3.8, 4) is 0 Å². The topological polar surface area (TPSA) is 29.3 Å². The summed E-state index contributed by atoms with van der Waals surface area (Å²) in [5.41, 5.74) is 6.70. The van der Waals surface area contributed by atoms with Gasteiger partial charge in [0.2, 0.25) is 0 Å². The lowest BCUT2D eigenvalue weighted by atomic mass is 10.1. The summed E-state index contributed by atoms with van der Waals surface area (Å²) in [5.74, 6) is 0. The Morgan fingerprint density at radius 2 is 1.95 bits per heavy atom. The van der Waals surface area contributed by atoms with Crippen LogP contribution in [0.1, 0.15) is 23.8 Å². The summed E-state index contributed by atoms with van der Waals surface area (Å²) in [5, 5.41) is 1.02. The molecule has 1 heterocycles. The highest BCUT2D eigenvalue weighted by molar-refractivity contribution is 7.19. The largest absolute Gasteiger partial charge is 0.401 e. The molecule has 6 heteroatoms. The zero-order valence-electron chi connectivity index (χ0n) is 11.9. The molecule has 0 unspecified atom stereocenters. The summed E-state index contributed by atoms with van der Waals surface area (Å²) in [7, 11) is 0. The highest BCUT2D eigenvalue weighted by Gasteiger charge is 2.31. The average molecular weight is 316 g/mol. The fraction of sp³-hybridized carbons (Fsp3) is 0.467. The van der Waals surface area contributed by atoms with Gasteiger partial charge in [-0.15, -0.1) is 11.3 Å². The van der Waals surface area contributed by atoms with Gasteiger partial charge in [0, 0.05) is 22.7 Å². The lowest BCUT2D eigenvalue weighted by Gasteiger charge is -2.23. The van der Waals surface area contributed by atoms with Crippen molar-refractivity contribution in [2.45, 2.75) is 32.6 Å². The molecule has 2 nitrogen and oxygen atoms in total. The van der Waals surface area contributed by atoms with Crippen LogP contribution in [0.25, 0.3) is 10.1 Å². The molecule has 2 N–H and O–H groups in total. The molecule has 0 spiro atoms. The standard InChI is InChI=1S/C15H19F3N2S/c1-2-7-20(10-15(16,17)18)9-12-11-5-3-4-6-13(11)21-14(12)8-19/h3-6H,2,7-10,19H2,1H3. The SMILES string of the molecule is CCCN(Cc1c(CN)sc2ccccc12)CC(F)(F)F. The molecule has 0 atom stereocenters. The van der Waals surface area contributed by atoms with Crippen LogP contribution < -0.4 is 5.73 Å². The number of halogens is 3. The van der Waals surface area contributed by atoms with Crippen molar-refractivity contribution in [1.29, 1.82) is 0 Å². The molecule has 0 amide bonds. The molecule has 2 aromatic rings. The van der Waals surface area contributed by atoms with E-state index in [1.54, 1.807) is 11.3 Å². The van der Waals surface area contributed by atoms with Crippen LogP contribution in [0, 0.1) is 0 Å². The Bertz CT molecular complexity index is 592. The quantitative estimate of drug-likeness (QED) is 0.868. The Balaban J connectivity index is 2.31. The molecule has 0 aliphatic carbocycles. The van der Waals surface area contributed by atoms with E-state index in [2.05, 4.69) is 0 Å². The van der Waals surface area contributed by atoms with Crippen molar-refractivity contribution in [3.63, 3.8) is 0 Å². The van der Waals surface area contributed by atoms with E-state index in [-0.39, 0.29) is 0 Å². The number of rotatable bonds is 6. The predicted octanol–water partition coefficient (Wildman–Crippen LogP) is 4.13. The van der Waals surface area contributed by atoms with E-state index in [0.29, 0.717) is 26.1 Å². The molecule has 0 saturated heterocycles. The lowest BCUT2D eigenvalue weighted by Crippen LogP contribution is -2.34. The first kappa shape index (κ1) is 16.3. The maximum absolute atomic E-state index is 12.7. The van der Waals surface area contributed by atoms with Crippen molar-refractivity contribution in [1.82, 2.24) is 4.90 Å². The lowest BCUT2D eigenvalue weighted by molar-refractivity contribution is -0.147. The van der Waals surface area contributed by atoms with Gasteiger partial charge in [-0.2, -0.15) is 13.2 Å². The fourth-order valence-corrected chi connectivity index (χ4v) is 3.59. The van der Waals surface area contributed by atoms with Gasteiger partial charge in [0.25, 0.3) is 0 Å². The summed E-state index contributed by atoms with van der Waals surface area (Å²) in [6, 6.07) is 7.78. The smallest absolute Gasteiger partial charge is 0.326 e. The van der Waals surface area contributed by atoms with Crippen LogP contribution in [0.5, 0.6) is 0 Å². The number of fused-ring (bicyclic) bond motifs is 1. The first-order chi connectivity index (χ1) is 9.94. The predicted molar refractivity (Wildman–Crippen MR) is 81.3 cm³/mol. The van der Waals surface area contributed by atoms with Gasteiger partial charge in [-0.3, -0.25) is 4.90 Å². The number of hydrogen-bond acceptors (Lipinski definition) is 3. The van der Waals surface area contributed by atoms with E-state index in [0.717, 1.165) is 20.5 Å². The molecule has 2 rings (SSSR count). The number of thiophene rings is 1. The van der Waals surface area contributed by atoms with E-state index >= 15 is 0 Å². The molecule has 0 radical (unpaired) electrons. The zero-order valence-corrected chi connectivity index (χ0v) is 12.7.